The summed E-state index contributed by atoms with van der Waals surface area (Å²) in [6.07, 6.45) is 1.29. The number of carboxylic acid groups (broad SMARTS) is 1. The molecule has 1 aromatic rings. The van der Waals surface area contributed by atoms with Gasteiger partial charge in [0.2, 0.25) is 0 Å². The fourth-order valence-corrected chi connectivity index (χ4v) is 2.74. The number of rotatable bonds is 3. The number of anilines is 1. The summed E-state index contributed by atoms with van der Waals surface area (Å²) < 4.78 is 5.22. The average molecular weight is 326 g/mol. The van der Waals surface area contributed by atoms with E-state index in [1.807, 2.05) is 0 Å². The van der Waals surface area contributed by atoms with Crippen LogP contribution in [0.4, 0.5) is 10.5 Å². The molecule has 5 nitrogen and oxygen atoms in total. The number of carboxylic acids is 1. The van der Waals surface area contributed by atoms with Gasteiger partial charge in [0, 0.05) is 10.7 Å². The second-order valence-corrected chi connectivity index (χ2v) is 6.99. The van der Waals surface area contributed by atoms with Gasteiger partial charge in [-0.25, -0.2) is 4.79 Å². The third kappa shape index (κ3) is 3.35. The zero-order chi connectivity index (χ0) is 16.5. The lowest BCUT2D eigenvalue weighted by Gasteiger charge is -2.39. The Kier molecular flexibility index (Phi) is 4.38. The van der Waals surface area contributed by atoms with Gasteiger partial charge in [-0.1, -0.05) is 18.0 Å². The number of carbonyl (C=O) groups excluding carboxylic acids is 1. The van der Waals surface area contributed by atoms with E-state index in [-0.39, 0.29) is 0 Å². The Hall–Kier alpha value is -1.75. The first-order valence-electron chi connectivity index (χ1n) is 7.17. The van der Waals surface area contributed by atoms with Crippen LogP contribution in [0.25, 0.3) is 0 Å². The van der Waals surface area contributed by atoms with Crippen molar-refractivity contribution in [1.82, 2.24) is 0 Å². The highest BCUT2D eigenvalue weighted by molar-refractivity contribution is 6.30. The Bertz CT molecular complexity index is 603. The number of hydrogen-bond donors (Lipinski definition) is 2. The van der Waals surface area contributed by atoms with E-state index in [0.717, 1.165) is 6.42 Å². The minimum absolute atomic E-state index is 0.431. The molecular weight excluding hydrogens is 306 g/mol. The summed E-state index contributed by atoms with van der Waals surface area (Å²) >= 11 is 6.01. The predicted octanol–water partition coefficient (Wildman–Crippen LogP) is 4.19. The topological polar surface area (TPSA) is 75.6 Å². The van der Waals surface area contributed by atoms with E-state index in [9.17, 15) is 14.7 Å². The molecule has 1 aromatic carbocycles. The van der Waals surface area contributed by atoms with Gasteiger partial charge in [0.15, 0.2) is 0 Å². The zero-order valence-corrected chi connectivity index (χ0v) is 13.7. The molecule has 0 unspecified atom stereocenters. The third-order valence-electron chi connectivity index (χ3n) is 3.75. The second kappa shape index (κ2) is 5.80. The first-order chi connectivity index (χ1) is 10.1. The largest absolute Gasteiger partial charge is 0.481 e. The number of ether oxygens (including phenoxy) is 1. The van der Waals surface area contributed by atoms with Crippen molar-refractivity contribution < 1.29 is 19.4 Å². The van der Waals surface area contributed by atoms with Crippen LogP contribution in [0.15, 0.2) is 18.2 Å². The van der Waals surface area contributed by atoms with Crippen molar-refractivity contribution >= 4 is 29.4 Å². The number of halogens is 1. The maximum atomic E-state index is 12.0. The van der Waals surface area contributed by atoms with Gasteiger partial charge in [0.1, 0.15) is 5.60 Å². The van der Waals surface area contributed by atoms with Crippen molar-refractivity contribution in [2.45, 2.75) is 51.0 Å². The van der Waals surface area contributed by atoms with Crippen molar-refractivity contribution in [3.8, 4) is 0 Å². The molecule has 1 fully saturated rings. The summed E-state index contributed by atoms with van der Waals surface area (Å²) in [5.41, 5.74) is -0.641. The molecule has 1 saturated carbocycles. The Morgan fingerprint density at radius 2 is 1.95 bits per heavy atom. The fourth-order valence-electron chi connectivity index (χ4n) is 2.56. The molecule has 0 saturated heterocycles. The predicted molar refractivity (Wildman–Crippen MR) is 84.5 cm³/mol. The molecule has 22 heavy (non-hydrogen) atoms. The summed E-state index contributed by atoms with van der Waals surface area (Å²) in [6.45, 7) is 5.29. The summed E-state index contributed by atoms with van der Waals surface area (Å²) in [7, 11) is 0. The quantitative estimate of drug-likeness (QED) is 0.873. The molecule has 0 bridgehead atoms. The Morgan fingerprint density at radius 3 is 2.41 bits per heavy atom. The van der Waals surface area contributed by atoms with Crippen molar-refractivity contribution in [3.05, 3.63) is 28.8 Å². The molecule has 0 atom stereocenters. The third-order valence-corrected chi connectivity index (χ3v) is 3.98. The number of nitrogens with one attached hydrogen (secondary N) is 1. The maximum Gasteiger partial charge on any atom is 0.412 e. The van der Waals surface area contributed by atoms with Crippen LogP contribution >= 0.6 is 11.6 Å². The van der Waals surface area contributed by atoms with E-state index in [1.165, 1.54) is 0 Å². The van der Waals surface area contributed by atoms with Crippen LogP contribution in [-0.2, 0) is 14.9 Å². The highest BCUT2D eigenvalue weighted by Crippen LogP contribution is 2.47. The van der Waals surface area contributed by atoms with Crippen LogP contribution in [0.3, 0.4) is 0 Å². The molecule has 1 amide bonds. The summed E-state index contributed by atoms with van der Waals surface area (Å²) in [4.78, 5) is 23.6. The number of amides is 1. The van der Waals surface area contributed by atoms with Crippen LogP contribution < -0.4 is 5.32 Å². The lowest BCUT2D eigenvalue weighted by atomic mass is 9.64. The van der Waals surface area contributed by atoms with Crippen molar-refractivity contribution in [2.75, 3.05) is 5.32 Å². The molecule has 0 spiro atoms. The molecule has 120 valence electrons. The van der Waals surface area contributed by atoms with Gasteiger partial charge in [-0.2, -0.15) is 0 Å². The maximum absolute atomic E-state index is 12.0. The van der Waals surface area contributed by atoms with Crippen LogP contribution in [0, 0.1) is 0 Å². The van der Waals surface area contributed by atoms with Gasteiger partial charge in [0.05, 0.1) is 5.41 Å². The van der Waals surface area contributed by atoms with Gasteiger partial charge in [0.25, 0.3) is 0 Å². The summed E-state index contributed by atoms with van der Waals surface area (Å²) in [5.74, 6) is -0.895. The Balaban J connectivity index is 2.33. The lowest BCUT2D eigenvalue weighted by Crippen LogP contribution is -2.43. The number of carbonyl (C=O) groups is 2. The van der Waals surface area contributed by atoms with Crippen LogP contribution in [0.5, 0.6) is 0 Å². The normalized spacial score (nSPS) is 16.5. The smallest absolute Gasteiger partial charge is 0.412 e. The van der Waals surface area contributed by atoms with E-state index in [1.54, 1.807) is 39.0 Å². The SMILES string of the molecule is CC(C)(C)OC(=O)Nc1ccc(Cl)cc1C1(C(=O)O)CCC1. The van der Waals surface area contributed by atoms with E-state index < -0.39 is 23.1 Å². The van der Waals surface area contributed by atoms with Crippen LogP contribution in [0.2, 0.25) is 5.02 Å². The standard InChI is InChI=1S/C16H20ClNO4/c1-15(2,3)22-14(21)18-12-6-5-10(17)9-11(12)16(13(19)20)7-4-8-16/h5-6,9H,4,7-8H2,1-3H3,(H,18,21)(H,19,20). The summed E-state index contributed by atoms with van der Waals surface area (Å²) in [5, 5.41) is 12.7. The van der Waals surface area contributed by atoms with Crippen molar-refractivity contribution in [1.29, 1.82) is 0 Å². The van der Waals surface area contributed by atoms with Crippen LogP contribution in [-0.4, -0.2) is 22.8 Å². The number of benzene rings is 1. The zero-order valence-electron chi connectivity index (χ0n) is 12.9. The van der Waals surface area contributed by atoms with Crippen LogP contribution in [0.1, 0.15) is 45.6 Å². The van der Waals surface area contributed by atoms with E-state index in [4.69, 9.17) is 16.3 Å². The Morgan fingerprint density at radius 1 is 1.32 bits per heavy atom. The van der Waals surface area contributed by atoms with E-state index in [2.05, 4.69) is 5.32 Å². The van der Waals surface area contributed by atoms with E-state index in [0.29, 0.717) is 29.1 Å². The lowest BCUT2D eigenvalue weighted by molar-refractivity contribution is -0.147. The first kappa shape index (κ1) is 16.6. The minimum Gasteiger partial charge on any atom is -0.481 e. The first-order valence-corrected chi connectivity index (χ1v) is 7.55. The molecule has 0 heterocycles. The number of hydrogen-bond acceptors (Lipinski definition) is 3. The molecule has 1 aliphatic rings. The van der Waals surface area contributed by atoms with Gasteiger partial charge in [-0.05, 0) is 57.4 Å². The van der Waals surface area contributed by atoms with E-state index >= 15 is 0 Å². The van der Waals surface area contributed by atoms with Gasteiger partial charge in [-0.15, -0.1) is 0 Å². The monoisotopic (exact) mass is 325 g/mol. The average Bonchev–Trinajstić information content (AvgIpc) is 2.28. The second-order valence-electron chi connectivity index (χ2n) is 6.56. The molecule has 2 N–H and O–H groups in total. The summed E-state index contributed by atoms with van der Waals surface area (Å²) in [6, 6.07) is 4.85. The van der Waals surface area contributed by atoms with Gasteiger partial charge < -0.3 is 9.84 Å². The minimum atomic E-state index is -0.977. The van der Waals surface area contributed by atoms with Crippen molar-refractivity contribution in [3.63, 3.8) is 0 Å². The molecule has 0 aromatic heterocycles. The Labute approximate surface area is 134 Å². The van der Waals surface area contributed by atoms with Gasteiger partial charge >= 0.3 is 12.1 Å². The van der Waals surface area contributed by atoms with Crippen molar-refractivity contribution in [2.24, 2.45) is 0 Å². The highest BCUT2D eigenvalue weighted by atomic mass is 35.5. The molecule has 6 heteroatoms. The molecule has 0 aliphatic heterocycles. The molecule has 2 rings (SSSR count). The number of aliphatic carboxylic acids is 1. The van der Waals surface area contributed by atoms with Gasteiger partial charge in [-0.3, -0.25) is 10.1 Å². The highest BCUT2D eigenvalue weighted by Gasteiger charge is 2.47. The molecule has 0 radical (unpaired) electrons. The molecule has 1 aliphatic carbocycles. The fraction of sp³-hybridized carbons (Fsp3) is 0.500. The molecular formula is C16H20ClNO4.